The molecule has 1 unspecified atom stereocenters. The number of phenolic OH excluding ortho intramolecular Hbond substituents is 1. The first-order valence-electron chi connectivity index (χ1n) is 6.33. The lowest BCUT2D eigenvalue weighted by Crippen LogP contribution is -2.35. The second-order valence-corrected chi connectivity index (χ2v) is 4.93. The van der Waals surface area contributed by atoms with E-state index in [9.17, 15) is 9.59 Å². The van der Waals surface area contributed by atoms with E-state index in [-0.39, 0.29) is 24.5 Å². The molecule has 3 N–H and O–H groups in total. The van der Waals surface area contributed by atoms with Gasteiger partial charge >= 0.3 is 11.9 Å². The third-order valence-electron chi connectivity index (χ3n) is 2.49. The Bertz CT molecular complexity index is 455. The van der Waals surface area contributed by atoms with Crippen LogP contribution in [-0.4, -0.2) is 23.1 Å². The Morgan fingerprint density at radius 2 is 1.80 bits per heavy atom. The molecule has 0 radical (unpaired) electrons. The fourth-order valence-corrected chi connectivity index (χ4v) is 1.49. The highest BCUT2D eigenvalue weighted by Gasteiger charge is 2.19. The Hall–Kier alpha value is -2.08. The molecule has 110 valence electrons. The number of phenols is 1. The van der Waals surface area contributed by atoms with Crippen LogP contribution >= 0.6 is 0 Å². The average Bonchev–Trinajstić information content (AvgIpc) is 2.37. The molecule has 1 aromatic rings. The van der Waals surface area contributed by atoms with Crippen molar-refractivity contribution in [3.63, 3.8) is 0 Å². The summed E-state index contributed by atoms with van der Waals surface area (Å²) in [7, 11) is 0. The number of carbonyl (C=O) groups is 2. The Morgan fingerprint density at radius 3 is 2.35 bits per heavy atom. The summed E-state index contributed by atoms with van der Waals surface area (Å²) >= 11 is 0. The minimum absolute atomic E-state index is 0.117. The van der Waals surface area contributed by atoms with E-state index in [1.807, 2.05) is 13.8 Å². The SMILES string of the molecule is CC(C)CC(=O)OOC(=O)C(N)Cc1ccc(O)cc1. The molecule has 0 aliphatic heterocycles. The third kappa shape index (κ3) is 5.71. The number of hydrogen-bond donors (Lipinski definition) is 2. The van der Waals surface area contributed by atoms with Crippen LogP contribution < -0.4 is 5.73 Å². The van der Waals surface area contributed by atoms with Gasteiger partial charge in [-0.05, 0) is 30.0 Å². The molecule has 0 amide bonds. The zero-order valence-electron chi connectivity index (χ0n) is 11.5. The van der Waals surface area contributed by atoms with Gasteiger partial charge in [0.2, 0.25) is 0 Å². The second kappa shape index (κ2) is 7.49. The summed E-state index contributed by atoms with van der Waals surface area (Å²) in [5, 5.41) is 9.14. The predicted molar refractivity (Wildman–Crippen MR) is 71.4 cm³/mol. The zero-order valence-corrected chi connectivity index (χ0v) is 11.5. The Morgan fingerprint density at radius 1 is 1.20 bits per heavy atom. The maximum absolute atomic E-state index is 11.5. The molecule has 0 bridgehead atoms. The largest absolute Gasteiger partial charge is 0.508 e. The summed E-state index contributed by atoms with van der Waals surface area (Å²) in [6.45, 7) is 3.69. The smallest absolute Gasteiger partial charge is 0.372 e. The van der Waals surface area contributed by atoms with Gasteiger partial charge in [0.1, 0.15) is 11.8 Å². The predicted octanol–water partition coefficient (Wildman–Crippen LogP) is 1.31. The lowest BCUT2D eigenvalue weighted by atomic mass is 10.1. The summed E-state index contributed by atoms with van der Waals surface area (Å²) in [4.78, 5) is 31.5. The van der Waals surface area contributed by atoms with Crippen LogP contribution in [0.1, 0.15) is 25.8 Å². The molecule has 20 heavy (non-hydrogen) atoms. The van der Waals surface area contributed by atoms with Crippen molar-refractivity contribution >= 4 is 11.9 Å². The Labute approximate surface area is 117 Å². The molecule has 0 aliphatic carbocycles. The fraction of sp³-hybridized carbons (Fsp3) is 0.429. The van der Waals surface area contributed by atoms with Gasteiger partial charge in [0.15, 0.2) is 0 Å². The number of nitrogens with two attached hydrogens (primary N) is 1. The lowest BCUT2D eigenvalue weighted by molar-refractivity contribution is -0.260. The van der Waals surface area contributed by atoms with Crippen LogP contribution in [0.4, 0.5) is 0 Å². The van der Waals surface area contributed by atoms with Gasteiger partial charge < -0.3 is 10.8 Å². The maximum Gasteiger partial charge on any atom is 0.372 e. The molecule has 0 aromatic heterocycles. The van der Waals surface area contributed by atoms with Gasteiger partial charge in [0.05, 0.1) is 6.42 Å². The Balaban J connectivity index is 2.39. The normalized spacial score (nSPS) is 12.0. The van der Waals surface area contributed by atoms with E-state index in [1.165, 1.54) is 12.1 Å². The van der Waals surface area contributed by atoms with Crippen molar-refractivity contribution in [2.45, 2.75) is 32.7 Å². The molecule has 1 atom stereocenters. The van der Waals surface area contributed by atoms with Gasteiger partial charge in [-0.1, -0.05) is 26.0 Å². The number of carbonyl (C=O) groups excluding carboxylic acids is 2. The third-order valence-corrected chi connectivity index (χ3v) is 2.49. The van der Waals surface area contributed by atoms with Crippen LogP contribution in [0.15, 0.2) is 24.3 Å². The van der Waals surface area contributed by atoms with Crippen molar-refractivity contribution in [1.82, 2.24) is 0 Å². The molecule has 0 aliphatic rings. The molecular formula is C14H19NO5. The first-order chi connectivity index (χ1) is 9.38. The number of rotatable bonds is 5. The summed E-state index contributed by atoms with van der Waals surface area (Å²) < 4.78 is 0. The minimum atomic E-state index is -0.939. The molecule has 1 aromatic carbocycles. The monoisotopic (exact) mass is 281 g/mol. The van der Waals surface area contributed by atoms with Gasteiger partial charge in [-0.15, -0.1) is 0 Å². The average molecular weight is 281 g/mol. The molecule has 0 fully saturated rings. The van der Waals surface area contributed by atoms with Crippen molar-refractivity contribution in [1.29, 1.82) is 0 Å². The van der Waals surface area contributed by atoms with Crippen LogP contribution in [0.2, 0.25) is 0 Å². The summed E-state index contributed by atoms with van der Waals surface area (Å²) in [5.41, 5.74) is 6.41. The van der Waals surface area contributed by atoms with Gasteiger partial charge in [-0.3, -0.25) is 0 Å². The lowest BCUT2D eigenvalue weighted by Gasteiger charge is -2.10. The molecule has 0 saturated carbocycles. The van der Waals surface area contributed by atoms with Crippen LogP contribution in [0.3, 0.4) is 0 Å². The summed E-state index contributed by atoms with van der Waals surface area (Å²) in [5.74, 6) is -1.17. The molecule has 0 heterocycles. The minimum Gasteiger partial charge on any atom is -0.508 e. The van der Waals surface area contributed by atoms with Gasteiger partial charge in [0, 0.05) is 0 Å². The zero-order chi connectivity index (χ0) is 15.1. The Kier molecular flexibility index (Phi) is 5.99. The highest BCUT2D eigenvalue weighted by atomic mass is 17.2. The van der Waals surface area contributed by atoms with E-state index in [1.54, 1.807) is 12.1 Å². The summed E-state index contributed by atoms with van der Waals surface area (Å²) in [6.07, 6.45) is 0.390. The number of benzene rings is 1. The van der Waals surface area contributed by atoms with Gasteiger partial charge in [0.25, 0.3) is 0 Å². The van der Waals surface area contributed by atoms with E-state index in [0.29, 0.717) is 0 Å². The molecule has 6 heteroatoms. The topological polar surface area (TPSA) is 98.9 Å². The van der Waals surface area contributed by atoms with Crippen molar-refractivity contribution in [3.05, 3.63) is 29.8 Å². The molecular weight excluding hydrogens is 262 g/mol. The number of hydrogen-bond acceptors (Lipinski definition) is 6. The number of aromatic hydroxyl groups is 1. The molecule has 0 saturated heterocycles. The molecule has 0 spiro atoms. The van der Waals surface area contributed by atoms with E-state index < -0.39 is 18.0 Å². The van der Waals surface area contributed by atoms with Crippen molar-refractivity contribution in [2.75, 3.05) is 0 Å². The van der Waals surface area contributed by atoms with Crippen molar-refractivity contribution in [2.24, 2.45) is 11.7 Å². The second-order valence-electron chi connectivity index (χ2n) is 4.93. The highest BCUT2D eigenvalue weighted by molar-refractivity contribution is 5.77. The van der Waals surface area contributed by atoms with Gasteiger partial charge in [-0.25, -0.2) is 19.4 Å². The van der Waals surface area contributed by atoms with Crippen LogP contribution in [0, 0.1) is 5.92 Å². The first kappa shape index (κ1) is 16.0. The van der Waals surface area contributed by atoms with Crippen LogP contribution in [0.5, 0.6) is 5.75 Å². The highest BCUT2D eigenvalue weighted by Crippen LogP contribution is 2.11. The van der Waals surface area contributed by atoms with Crippen LogP contribution in [-0.2, 0) is 25.8 Å². The van der Waals surface area contributed by atoms with E-state index in [4.69, 9.17) is 10.8 Å². The van der Waals surface area contributed by atoms with E-state index in [2.05, 4.69) is 9.78 Å². The van der Waals surface area contributed by atoms with Crippen molar-refractivity contribution in [3.8, 4) is 5.75 Å². The van der Waals surface area contributed by atoms with Crippen molar-refractivity contribution < 1.29 is 24.5 Å². The fourth-order valence-electron chi connectivity index (χ4n) is 1.49. The first-order valence-corrected chi connectivity index (χ1v) is 6.33. The van der Waals surface area contributed by atoms with Gasteiger partial charge in [-0.2, -0.15) is 0 Å². The quantitative estimate of drug-likeness (QED) is 0.623. The van der Waals surface area contributed by atoms with E-state index in [0.717, 1.165) is 5.56 Å². The standard InChI is InChI=1S/C14H19NO5/c1-9(2)7-13(17)19-20-14(18)12(15)8-10-3-5-11(16)6-4-10/h3-6,9,12,16H,7-8,15H2,1-2H3. The van der Waals surface area contributed by atoms with E-state index >= 15 is 0 Å². The summed E-state index contributed by atoms with van der Waals surface area (Å²) in [6, 6.07) is 5.35. The maximum atomic E-state index is 11.5. The molecule has 6 nitrogen and oxygen atoms in total. The van der Waals surface area contributed by atoms with Crippen LogP contribution in [0.25, 0.3) is 0 Å². The molecule has 1 rings (SSSR count).